The van der Waals surface area contributed by atoms with Gasteiger partial charge in [0, 0.05) is 25.5 Å². The third-order valence-corrected chi connectivity index (χ3v) is 4.60. The third-order valence-electron chi connectivity index (χ3n) is 4.60. The van der Waals surface area contributed by atoms with Crippen molar-refractivity contribution in [3.63, 3.8) is 0 Å². The maximum Gasteiger partial charge on any atom is 0.227 e. The lowest BCUT2D eigenvalue weighted by Gasteiger charge is -2.33. The molecule has 2 aromatic heterocycles. The van der Waals surface area contributed by atoms with Crippen LogP contribution in [-0.4, -0.2) is 53.7 Å². The molecule has 1 atom stereocenters. The van der Waals surface area contributed by atoms with E-state index in [0.29, 0.717) is 12.5 Å². The number of carbonyl (C=O) groups is 1. The Balaban J connectivity index is 1.39. The second-order valence-corrected chi connectivity index (χ2v) is 6.24. The number of benzene rings is 1. The van der Waals surface area contributed by atoms with Gasteiger partial charge in [-0.1, -0.05) is 12.1 Å². The summed E-state index contributed by atoms with van der Waals surface area (Å²) in [5.74, 6) is 0.167. The van der Waals surface area contributed by atoms with Gasteiger partial charge in [-0.25, -0.2) is 9.67 Å². The van der Waals surface area contributed by atoms with Gasteiger partial charge in [0.2, 0.25) is 5.91 Å². The largest absolute Gasteiger partial charge is 0.340 e. The van der Waals surface area contributed by atoms with Crippen LogP contribution in [0.4, 0.5) is 0 Å². The number of imidazole rings is 1. The zero-order chi connectivity index (χ0) is 17.1. The summed E-state index contributed by atoms with van der Waals surface area (Å²) in [6, 6.07) is 8.06. The molecule has 3 heterocycles. The smallest absolute Gasteiger partial charge is 0.227 e. The van der Waals surface area contributed by atoms with Gasteiger partial charge in [-0.2, -0.15) is 0 Å². The molecule has 0 saturated carbocycles. The summed E-state index contributed by atoms with van der Waals surface area (Å²) in [7, 11) is 0. The van der Waals surface area contributed by atoms with Crippen molar-refractivity contribution in [2.45, 2.75) is 25.3 Å². The topological polar surface area (TPSA) is 81.7 Å². The van der Waals surface area contributed by atoms with Crippen LogP contribution in [0.5, 0.6) is 0 Å². The minimum atomic E-state index is 0.167. The fourth-order valence-electron chi connectivity index (χ4n) is 3.24. The molecule has 0 aliphatic carbocycles. The number of rotatable bonds is 4. The van der Waals surface area contributed by atoms with Crippen LogP contribution < -0.4 is 0 Å². The molecule has 4 rings (SSSR count). The van der Waals surface area contributed by atoms with Crippen molar-refractivity contribution in [3.8, 4) is 5.69 Å². The van der Waals surface area contributed by atoms with Gasteiger partial charge in [-0.3, -0.25) is 4.79 Å². The maximum atomic E-state index is 12.7. The first-order valence-corrected chi connectivity index (χ1v) is 8.37. The molecule has 25 heavy (non-hydrogen) atoms. The minimum absolute atomic E-state index is 0.167. The van der Waals surface area contributed by atoms with Crippen molar-refractivity contribution >= 4 is 5.91 Å². The lowest BCUT2D eigenvalue weighted by atomic mass is 10.0. The first-order chi connectivity index (χ1) is 12.3. The second kappa shape index (κ2) is 6.84. The number of carbonyl (C=O) groups excluding carboxylic acids is 1. The van der Waals surface area contributed by atoms with Crippen LogP contribution in [0.2, 0.25) is 0 Å². The fourth-order valence-corrected chi connectivity index (χ4v) is 3.24. The molecule has 128 valence electrons. The number of tetrazole rings is 1. The number of likely N-dealkylation sites (tertiary alicyclic amines) is 1. The Hall–Kier alpha value is -3.03. The summed E-state index contributed by atoms with van der Waals surface area (Å²) >= 11 is 0. The van der Waals surface area contributed by atoms with E-state index in [-0.39, 0.29) is 5.91 Å². The fraction of sp³-hybridized carbons (Fsp3) is 0.353. The zero-order valence-electron chi connectivity index (χ0n) is 13.8. The zero-order valence-corrected chi connectivity index (χ0v) is 13.8. The Morgan fingerprint density at radius 2 is 2.08 bits per heavy atom. The molecule has 1 saturated heterocycles. The van der Waals surface area contributed by atoms with Crippen molar-refractivity contribution in [2.24, 2.45) is 0 Å². The SMILES string of the molecule is O=C(Cc1ccc(-n2cnnn2)cc1)N1CCCC(n2ccnc2)C1. The Bertz CT molecular complexity index is 811. The summed E-state index contributed by atoms with van der Waals surface area (Å²) in [5, 5.41) is 11.1. The van der Waals surface area contributed by atoms with Crippen LogP contribution in [0.25, 0.3) is 5.69 Å². The molecule has 0 spiro atoms. The van der Waals surface area contributed by atoms with E-state index < -0.39 is 0 Å². The lowest BCUT2D eigenvalue weighted by Crippen LogP contribution is -2.41. The number of aromatic nitrogens is 6. The van der Waals surface area contributed by atoms with Gasteiger partial charge in [0.05, 0.1) is 24.5 Å². The van der Waals surface area contributed by atoms with E-state index in [1.807, 2.05) is 41.7 Å². The summed E-state index contributed by atoms with van der Waals surface area (Å²) in [4.78, 5) is 18.7. The minimum Gasteiger partial charge on any atom is -0.340 e. The summed E-state index contributed by atoms with van der Waals surface area (Å²) in [6.07, 6.45) is 9.64. The highest BCUT2D eigenvalue weighted by Gasteiger charge is 2.24. The molecule has 3 aromatic rings. The monoisotopic (exact) mass is 337 g/mol. The van der Waals surface area contributed by atoms with Crippen molar-refractivity contribution in [2.75, 3.05) is 13.1 Å². The highest BCUT2D eigenvalue weighted by atomic mass is 16.2. The molecular weight excluding hydrogens is 318 g/mol. The molecule has 1 amide bonds. The molecule has 0 N–H and O–H groups in total. The number of piperidine rings is 1. The normalized spacial score (nSPS) is 17.6. The van der Waals surface area contributed by atoms with Gasteiger partial charge < -0.3 is 9.47 Å². The number of hydrogen-bond acceptors (Lipinski definition) is 5. The van der Waals surface area contributed by atoms with Crippen molar-refractivity contribution in [1.82, 2.24) is 34.7 Å². The third kappa shape index (κ3) is 3.42. The highest BCUT2D eigenvalue weighted by molar-refractivity contribution is 5.79. The Morgan fingerprint density at radius 1 is 1.20 bits per heavy atom. The van der Waals surface area contributed by atoms with E-state index in [4.69, 9.17) is 0 Å². The van der Waals surface area contributed by atoms with Gasteiger partial charge >= 0.3 is 0 Å². The van der Waals surface area contributed by atoms with E-state index in [0.717, 1.165) is 37.2 Å². The van der Waals surface area contributed by atoms with Crippen LogP contribution in [0.3, 0.4) is 0 Å². The van der Waals surface area contributed by atoms with Gasteiger partial charge in [0.15, 0.2) is 0 Å². The van der Waals surface area contributed by atoms with E-state index in [2.05, 4.69) is 25.1 Å². The Kier molecular flexibility index (Phi) is 4.24. The highest BCUT2D eigenvalue weighted by Crippen LogP contribution is 2.22. The van der Waals surface area contributed by atoms with Crippen molar-refractivity contribution < 1.29 is 4.79 Å². The Morgan fingerprint density at radius 3 is 2.80 bits per heavy atom. The summed E-state index contributed by atoms with van der Waals surface area (Å²) in [5.41, 5.74) is 1.87. The van der Waals surface area contributed by atoms with Gasteiger partial charge in [-0.05, 0) is 41.0 Å². The van der Waals surface area contributed by atoms with Crippen LogP contribution in [0.1, 0.15) is 24.4 Å². The van der Waals surface area contributed by atoms with E-state index >= 15 is 0 Å². The number of amides is 1. The first-order valence-electron chi connectivity index (χ1n) is 8.37. The van der Waals surface area contributed by atoms with Crippen molar-refractivity contribution in [3.05, 3.63) is 54.9 Å². The number of hydrogen-bond donors (Lipinski definition) is 0. The van der Waals surface area contributed by atoms with E-state index in [1.165, 1.54) is 0 Å². The maximum absolute atomic E-state index is 12.7. The second-order valence-electron chi connectivity index (χ2n) is 6.24. The molecule has 0 radical (unpaired) electrons. The van der Waals surface area contributed by atoms with Gasteiger partial charge in [-0.15, -0.1) is 5.10 Å². The quantitative estimate of drug-likeness (QED) is 0.716. The number of nitrogens with zero attached hydrogens (tertiary/aromatic N) is 7. The molecule has 0 bridgehead atoms. The van der Waals surface area contributed by atoms with E-state index in [9.17, 15) is 4.79 Å². The van der Waals surface area contributed by atoms with Gasteiger partial charge in [0.25, 0.3) is 0 Å². The molecule has 1 aromatic carbocycles. The van der Waals surface area contributed by atoms with Crippen molar-refractivity contribution in [1.29, 1.82) is 0 Å². The van der Waals surface area contributed by atoms with Crippen LogP contribution >= 0.6 is 0 Å². The molecule has 1 unspecified atom stereocenters. The molecule has 1 aliphatic heterocycles. The average molecular weight is 337 g/mol. The molecule has 8 nitrogen and oxygen atoms in total. The molecule has 1 fully saturated rings. The predicted molar refractivity (Wildman–Crippen MR) is 89.9 cm³/mol. The lowest BCUT2D eigenvalue weighted by molar-refractivity contribution is -0.132. The van der Waals surface area contributed by atoms with Crippen LogP contribution in [0.15, 0.2) is 49.3 Å². The van der Waals surface area contributed by atoms with Gasteiger partial charge in [0.1, 0.15) is 6.33 Å². The standard InChI is InChI=1S/C17H19N7O/c25-17(22-8-1-2-16(11-22)23-9-7-18-12-23)10-14-3-5-15(6-4-14)24-13-19-20-21-24/h3-7,9,12-13,16H,1-2,8,10-11H2. The average Bonchev–Trinajstić information content (AvgIpc) is 3.36. The molecule has 8 heteroatoms. The van der Waals surface area contributed by atoms with Crippen LogP contribution in [0, 0.1) is 0 Å². The summed E-state index contributed by atoms with van der Waals surface area (Å²) < 4.78 is 3.69. The molecular formula is C17H19N7O. The predicted octanol–water partition coefficient (Wildman–Crippen LogP) is 1.26. The Labute approximate surface area is 145 Å². The summed E-state index contributed by atoms with van der Waals surface area (Å²) in [6.45, 7) is 1.57. The molecule has 1 aliphatic rings. The first kappa shape index (κ1) is 15.5. The van der Waals surface area contributed by atoms with E-state index in [1.54, 1.807) is 17.2 Å². The van der Waals surface area contributed by atoms with Crippen LogP contribution in [-0.2, 0) is 11.2 Å².